The number of H-pyrrole nitrogens is 1. The third-order valence-corrected chi connectivity index (χ3v) is 4.54. The molecule has 140 valence electrons. The van der Waals surface area contributed by atoms with Crippen LogP contribution >= 0.6 is 0 Å². The molecule has 0 spiro atoms. The van der Waals surface area contributed by atoms with Gasteiger partial charge in [0.15, 0.2) is 5.43 Å². The maximum atomic E-state index is 13.2. The van der Waals surface area contributed by atoms with Crippen molar-refractivity contribution < 1.29 is 9.66 Å². The molecule has 28 heavy (non-hydrogen) atoms. The topological polar surface area (TPSA) is 110 Å². The molecule has 2 N–H and O–H groups in total. The van der Waals surface area contributed by atoms with Gasteiger partial charge >= 0.3 is 0 Å². The highest BCUT2D eigenvalue weighted by molar-refractivity contribution is 6.03. The Labute approximate surface area is 158 Å². The van der Waals surface area contributed by atoms with Gasteiger partial charge < -0.3 is 15.0 Å². The summed E-state index contributed by atoms with van der Waals surface area (Å²) in [6.45, 7) is 0.427. The number of pyridine rings is 2. The number of methoxy groups -OCH3 is 1. The van der Waals surface area contributed by atoms with Crippen LogP contribution in [0.25, 0.3) is 21.8 Å². The van der Waals surface area contributed by atoms with Crippen molar-refractivity contribution in [1.29, 1.82) is 0 Å². The smallest absolute Gasteiger partial charge is 0.293 e. The van der Waals surface area contributed by atoms with E-state index in [2.05, 4.69) is 15.3 Å². The zero-order chi connectivity index (χ0) is 19.7. The first-order valence-corrected chi connectivity index (χ1v) is 8.52. The number of fused-ring (bicyclic) bond motifs is 2. The van der Waals surface area contributed by atoms with Crippen LogP contribution in [0.2, 0.25) is 0 Å². The van der Waals surface area contributed by atoms with Crippen LogP contribution < -0.4 is 15.5 Å². The standard InChI is InChI=1S/C20H16N4O4/c1-28-13-4-5-15-14(9-13)20(25)18-16(22-11-12-3-2-8-21-10-12)6-7-17(24(26)27)19(18)23-15/h2-10,22H,11H2,1H3,(H,23,25). The van der Waals surface area contributed by atoms with E-state index in [1.165, 1.54) is 13.2 Å². The lowest BCUT2D eigenvalue weighted by molar-refractivity contribution is -0.383. The molecular weight excluding hydrogens is 360 g/mol. The summed E-state index contributed by atoms with van der Waals surface area (Å²) in [5.74, 6) is 0.535. The molecule has 0 radical (unpaired) electrons. The molecule has 8 nitrogen and oxygen atoms in total. The molecule has 0 aliphatic carbocycles. The second-order valence-electron chi connectivity index (χ2n) is 6.22. The second-order valence-corrected chi connectivity index (χ2v) is 6.22. The monoisotopic (exact) mass is 376 g/mol. The van der Waals surface area contributed by atoms with Crippen molar-refractivity contribution in [3.63, 3.8) is 0 Å². The Morgan fingerprint density at radius 2 is 2.11 bits per heavy atom. The molecule has 0 unspecified atom stereocenters. The van der Waals surface area contributed by atoms with Gasteiger partial charge in [-0.05, 0) is 35.9 Å². The first-order chi connectivity index (χ1) is 13.6. The Morgan fingerprint density at radius 3 is 2.82 bits per heavy atom. The van der Waals surface area contributed by atoms with Gasteiger partial charge in [-0.3, -0.25) is 19.9 Å². The lowest BCUT2D eigenvalue weighted by Crippen LogP contribution is -2.10. The van der Waals surface area contributed by atoms with E-state index in [1.54, 1.807) is 36.7 Å². The van der Waals surface area contributed by atoms with Crippen LogP contribution in [-0.2, 0) is 6.54 Å². The van der Waals surface area contributed by atoms with Gasteiger partial charge in [-0.1, -0.05) is 6.07 Å². The van der Waals surface area contributed by atoms with Gasteiger partial charge in [0, 0.05) is 36.1 Å². The molecule has 0 saturated carbocycles. The summed E-state index contributed by atoms with van der Waals surface area (Å²) in [5.41, 5.74) is 1.66. The molecule has 0 aliphatic rings. The zero-order valence-electron chi connectivity index (χ0n) is 14.9. The number of benzene rings is 2. The molecule has 2 aromatic carbocycles. The summed E-state index contributed by atoms with van der Waals surface area (Å²) < 4.78 is 5.20. The predicted octanol–water partition coefficient (Wildman–Crippen LogP) is 3.61. The number of hydrogen-bond acceptors (Lipinski definition) is 6. The Morgan fingerprint density at radius 1 is 1.25 bits per heavy atom. The Balaban J connectivity index is 1.94. The van der Waals surface area contributed by atoms with E-state index in [4.69, 9.17) is 4.74 Å². The summed E-state index contributed by atoms with van der Waals surface area (Å²) in [5, 5.41) is 15.3. The first-order valence-electron chi connectivity index (χ1n) is 8.52. The number of nitro benzene ring substituents is 1. The van der Waals surface area contributed by atoms with Gasteiger partial charge in [-0.15, -0.1) is 0 Å². The van der Waals surface area contributed by atoms with Crippen molar-refractivity contribution in [2.75, 3.05) is 12.4 Å². The van der Waals surface area contributed by atoms with Crippen LogP contribution in [0.15, 0.2) is 59.7 Å². The van der Waals surface area contributed by atoms with Crippen molar-refractivity contribution in [2.24, 2.45) is 0 Å². The molecule has 2 heterocycles. The van der Waals surface area contributed by atoms with Crippen LogP contribution in [0.1, 0.15) is 5.56 Å². The molecule has 2 aromatic heterocycles. The maximum Gasteiger partial charge on any atom is 0.293 e. The highest BCUT2D eigenvalue weighted by atomic mass is 16.6. The Kier molecular flexibility index (Phi) is 4.36. The minimum absolute atomic E-state index is 0.156. The van der Waals surface area contributed by atoms with Crippen LogP contribution in [0.3, 0.4) is 0 Å². The first kappa shape index (κ1) is 17.5. The minimum atomic E-state index is -0.501. The van der Waals surface area contributed by atoms with Gasteiger partial charge in [0.2, 0.25) is 0 Å². The predicted molar refractivity (Wildman–Crippen MR) is 107 cm³/mol. The normalized spacial score (nSPS) is 10.9. The summed E-state index contributed by atoms with van der Waals surface area (Å²) in [7, 11) is 1.52. The fraction of sp³-hybridized carbons (Fsp3) is 0.100. The molecule has 4 rings (SSSR count). The number of non-ortho nitro benzene ring substituents is 1. The summed E-state index contributed by atoms with van der Waals surface area (Å²) in [4.78, 5) is 31.3. The average molecular weight is 376 g/mol. The maximum absolute atomic E-state index is 13.2. The van der Waals surface area contributed by atoms with Crippen molar-refractivity contribution in [1.82, 2.24) is 9.97 Å². The molecule has 0 atom stereocenters. The van der Waals surface area contributed by atoms with Crippen LogP contribution in [-0.4, -0.2) is 22.0 Å². The molecule has 0 aliphatic heterocycles. The van der Waals surface area contributed by atoms with E-state index in [9.17, 15) is 14.9 Å². The number of aromatic amines is 1. The van der Waals surface area contributed by atoms with Crippen LogP contribution in [0.4, 0.5) is 11.4 Å². The van der Waals surface area contributed by atoms with Gasteiger partial charge in [0.1, 0.15) is 11.3 Å². The highest BCUT2D eigenvalue weighted by Crippen LogP contribution is 2.30. The largest absolute Gasteiger partial charge is 0.497 e. The second kappa shape index (κ2) is 6.99. The molecular formula is C20H16N4O4. The van der Waals surface area contributed by atoms with Crippen molar-refractivity contribution in [2.45, 2.75) is 6.54 Å². The number of rotatable bonds is 5. The van der Waals surface area contributed by atoms with Crippen LogP contribution in [0, 0.1) is 10.1 Å². The quantitative estimate of drug-likeness (QED) is 0.313. The number of hydrogen-bond donors (Lipinski definition) is 2. The number of nitrogens with zero attached hydrogens (tertiary/aromatic N) is 2. The number of nitro groups is 1. The molecule has 0 saturated heterocycles. The van der Waals surface area contributed by atoms with Gasteiger partial charge in [-0.25, -0.2) is 0 Å². The molecule has 0 bridgehead atoms. The van der Waals surface area contributed by atoms with Gasteiger partial charge in [0.05, 0.1) is 22.9 Å². The third kappa shape index (κ3) is 3.01. The summed E-state index contributed by atoms with van der Waals surface area (Å²) >= 11 is 0. The van der Waals surface area contributed by atoms with E-state index in [0.29, 0.717) is 28.9 Å². The summed E-state index contributed by atoms with van der Waals surface area (Å²) in [6, 6.07) is 11.7. The number of aromatic nitrogens is 2. The highest BCUT2D eigenvalue weighted by Gasteiger charge is 2.19. The van der Waals surface area contributed by atoms with E-state index >= 15 is 0 Å². The SMILES string of the molecule is COc1ccc2[nH]c3c([N+](=O)[O-])ccc(NCc4cccnc4)c3c(=O)c2c1. The van der Waals surface area contributed by atoms with E-state index in [0.717, 1.165) is 5.56 Å². The minimum Gasteiger partial charge on any atom is -0.497 e. The van der Waals surface area contributed by atoms with Crippen molar-refractivity contribution in [3.05, 3.63) is 80.8 Å². The average Bonchev–Trinajstić information content (AvgIpc) is 2.72. The lowest BCUT2D eigenvalue weighted by atomic mass is 10.1. The number of anilines is 1. The molecule has 4 aromatic rings. The van der Waals surface area contributed by atoms with E-state index < -0.39 is 4.92 Å². The molecule has 8 heteroatoms. The Hall–Kier alpha value is -3.94. The zero-order valence-corrected chi connectivity index (χ0v) is 14.9. The van der Waals surface area contributed by atoms with Gasteiger partial charge in [-0.2, -0.15) is 0 Å². The van der Waals surface area contributed by atoms with Crippen molar-refractivity contribution in [3.8, 4) is 5.75 Å². The van der Waals surface area contributed by atoms with E-state index in [1.807, 2.05) is 12.1 Å². The molecule has 0 fully saturated rings. The number of nitrogens with one attached hydrogen (secondary N) is 2. The fourth-order valence-electron chi connectivity index (χ4n) is 3.17. The lowest BCUT2D eigenvalue weighted by Gasteiger charge is -2.11. The summed E-state index contributed by atoms with van der Waals surface area (Å²) in [6.07, 6.45) is 3.39. The van der Waals surface area contributed by atoms with Crippen LogP contribution in [0.5, 0.6) is 5.75 Å². The third-order valence-electron chi connectivity index (χ3n) is 4.54. The fourth-order valence-corrected chi connectivity index (χ4v) is 3.17. The Bertz CT molecular complexity index is 1250. The number of ether oxygens (including phenoxy) is 1. The van der Waals surface area contributed by atoms with E-state index in [-0.39, 0.29) is 22.0 Å². The molecule has 0 amide bonds. The van der Waals surface area contributed by atoms with Crippen molar-refractivity contribution >= 4 is 33.2 Å². The van der Waals surface area contributed by atoms with Gasteiger partial charge in [0.25, 0.3) is 5.69 Å².